The molecule has 0 spiro atoms. The van der Waals surface area contributed by atoms with E-state index >= 15 is 0 Å². The number of rotatable bonds is 6. The molecule has 0 aromatic carbocycles. The van der Waals surface area contributed by atoms with Crippen molar-refractivity contribution < 1.29 is 9.16 Å². The van der Waals surface area contributed by atoms with Gasteiger partial charge in [-0.2, -0.15) is 0 Å². The largest absolute Gasteiger partial charge is 0.501 e. The van der Waals surface area contributed by atoms with Crippen molar-refractivity contribution in [2.45, 2.75) is 58.2 Å². The van der Waals surface area contributed by atoms with Gasteiger partial charge in [0.25, 0.3) is 0 Å². The van der Waals surface area contributed by atoms with E-state index in [1.165, 1.54) is 12.8 Å². The summed E-state index contributed by atoms with van der Waals surface area (Å²) in [6, 6.07) is 0. The van der Waals surface area contributed by atoms with E-state index in [1.54, 1.807) is 7.11 Å². The molecule has 3 heteroatoms. The molecule has 0 heterocycles. The molecule has 3 atom stereocenters. The van der Waals surface area contributed by atoms with Gasteiger partial charge >= 0.3 is 0 Å². The van der Waals surface area contributed by atoms with Crippen LogP contribution in [0.25, 0.3) is 0 Å². The van der Waals surface area contributed by atoms with Crippen LogP contribution in [0.1, 0.15) is 40.0 Å². The minimum Gasteiger partial charge on any atom is -0.501 e. The van der Waals surface area contributed by atoms with Crippen molar-refractivity contribution in [3.63, 3.8) is 0 Å². The first-order valence-electron chi connectivity index (χ1n) is 8.17. The number of hydrogen-bond acceptors (Lipinski definition) is 2. The Kier molecular flexibility index (Phi) is 4.47. The van der Waals surface area contributed by atoms with Gasteiger partial charge in [0.2, 0.25) is 0 Å². The summed E-state index contributed by atoms with van der Waals surface area (Å²) in [4.78, 5) is 0. The number of ether oxygens (including phenoxy) is 1. The van der Waals surface area contributed by atoms with Gasteiger partial charge in [0.15, 0.2) is 8.32 Å². The molecule has 2 nitrogen and oxygen atoms in total. The second-order valence-electron chi connectivity index (χ2n) is 8.39. The van der Waals surface area contributed by atoms with Crippen LogP contribution in [0.2, 0.25) is 18.1 Å². The molecule has 2 rings (SSSR count). The minimum atomic E-state index is -1.66. The molecule has 0 saturated heterocycles. The summed E-state index contributed by atoms with van der Waals surface area (Å²) < 4.78 is 12.1. The molecule has 2 aliphatic carbocycles. The third-order valence-electron chi connectivity index (χ3n) is 5.88. The Hall–Kier alpha value is -0.543. The monoisotopic (exact) mass is 308 g/mol. The van der Waals surface area contributed by atoms with Crippen LogP contribution in [0, 0.1) is 17.3 Å². The number of fused-ring (bicyclic) bond motifs is 1. The molecule has 120 valence electrons. The van der Waals surface area contributed by atoms with Crippen molar-refractivity contribution in [1.82, 2.24) is 0 Å². The van der Waals surface area contributed by atoms with Crippen LogP contribution in [0.15, 0.2) is 24.5 Å². The zero-order valence-corrected chi connectivity index (χ0v) is 15.7. The second-order valence-corrected chi connectivity index (χ2v) is 13.2. The Labute approximate surface area is 131 Å². The van der Waals surface area contributed by atoms with Gasteiger partial charge in [-0.05, 0) is 49.4 Å². The molecule has 21 heavy (non-hydrogen) atoms. The molecule has 0 amide bonds. The highest BCUT2D eigenvalue weighted by atomic mass is 28.4. The van der Waals surface area contributed by atoms with E-state index in [9.17, 15) is 0 Å². The van der Waals surface area contributed by atoms with E-state index in [0.29, 0.717) is 5.92 Å². The maximum atomic E-state index is 6.48. The summed E-state index contributed by atoms with van der Waals surface area (Å²) in [5.41, 5.74) is 0.262. The normalized spacial score (nSPS) is 32.2. The fraction of sp³-hybridized carbons (Fsp3) is 0.778. The van der Waals surface area contributed by atoms with Gasteiger partial charge in [0, 0.05) is 17.9 Å². The molecule has 1 saturated carbocycles. The van der Waals surface area contributed by atoms with Gasteiger partial charge in [-0.15, -0.1) is 6.58 Å². The lowest BCUT2D eigenvalue weighted by molar-refractivity contribution is 0.179. The molecule has 0 bridgehead atoms. The standard InChI is InChI=1S/C18H32O2Si/c1-8-9-14-10-15-11-18(15,12-16(14)19-5)13-20-21(6,7)17(2,3)4/h8,12,14-15H,1,9-11,13H2,2-7H3/t14-,15+,18+/m1/s1. The number of allylic oxidation sites excluding steroid dienone is 2. The van der Waals surface area contributed by atoms with Crippen LogP contribution in [0.3, 0.4) is 0 Å². The average molecular weight is 309 g/mol. The Bertz CT molecular complexity index is 433. The zero-order chi connectivity index (χ0) is 15.9. The highest BCUT2D eigenvalue weighted by molar-refractivity contribution is 6.74. The van der Waals surface area contributed by atoms with Crippen LogP contribution in [0.5, 0.6) is 0 Å². The summed E-state index contributed by atoms with van der Waals surface area (Å²) in [7, 11) is 0.139. The fourth-order valence-corrected chi connectivity index (χ4v) is 4.21. The van der Waals surface area contributed by atoms with E-state index < -0.39 is 8.32 Å². The molecule has 0 aliphatic heterocycles. The van der Waals surface area contributed by atoms with Gasteiger partial charge in [-0.25, -0.2) is 0 Å². The van der Waals surface area contributed by atoms with Gasteiger partial charge < -0.3 is 9.16 Å². The van der Waals surface area contributed by atoms with Crippen LogP contribution in [0.4, 0.5) is 0 Å². The summed E-state index contributed by atoms with van der Waals surface area (Å²) >= 11 is 0. The smallest absolute Gasteiger partial charge is 0.192 e. The van der Waals surface area contributed by atoms with Crippen molar-refractivity contribution in [3.05, 3.63) is 24.5 Å². The predicted octanol–water partition coefficient (Wildman–Crippen LogP) is 5.14. The third kappa shape index (κ3) is 3.29. The van der Waals surface area contributed by atoms with Gasteiger partial charge in [0.05, 0.1) is 12.9 Å². The average Bonchev–Trinajstić information content (AvgIpc) is 3.08. The van der Waals surface area contributed by atoms with Crippen molar-refractivity contribution >= 4 is 8.32 Å². The Balaban J connectivity index is 2.06. The van der Waals surface area contributed by atoms with Crippen LogP contribution in [-0.4, -0.2) is 22.0 Å². The highest BCUT2D eigenvalue weighted by Gasteiger charge is 2.57. The van der Waals surface area contributed by atoms with E-state index in [0.717, 1.165) is 24.7 Å². The molecule has 2 aliphatic rings. The van der Waals surface area contributed by atoms with E-state index in [4.69, 9.17) is 9.16 Å². The topological polar surface area (TPSA) is 18.5 Å². The van der Waals surface area contributed by atoms with E-state index in [2.05, 4.69) is 46.5 Å². The quantitative estimate of drug-likeness (QED) is 0.499. The molecule has 0 N–H and O–H groups in total. The summed E-state index contributed by atoms with van der Waals surface area (Å²) in [5, 5.41) is 0.280. The first kappa shape index (κ1) is 16.8. The maximum Gasteiger partial charge on any atom is 0.192 e. The lowest BCUT2D eigenvalue weighted by Crippen LogP contribution is -2.42. The zero-order valence-electron chi connectivity index (χ0n) is 14.7. The molecule has 0 radical (unpaired) electrons. The lowest BCUT2D eigenvalue weighted by atomic mass is 9.85. The van der Waals surface area contributed by atoms with Crippen LogP contribution < -0.4 is 0 Å². The van der Waals surface area contributed by atoms with Crippen LogP contribution >= 0.6 is 0 Å². The molecular formula is C18H32O2Si. The van der Waals surface area contributed by atoms with Gasteiger partial charge in [-0.1, -0.05) is 26.8 Å². The van der Waals surface area contributed by atoms with Crippen LogP contribution in [-0.2, 0) is 9.16 Å². The summed E-state index contributed by atoms with van der Waals surface area (Å²) in [6.45, 7) is 16.3. The van der Waals surface area contributed by atoms with Crippen molar-refractivity contribution in [2.24, 2.45) is 17.3 Å². The van der Waals surface area contributed by atoms with Crippen molar-refractivity contribution in [3.8, 4) is 0 Å². The Morgan fingerprint density at radius 2 is 2.10 bits per heavy atom. The number of methoxy groups -OCH3 is 1. The molecule has 0 unspecified atom stereocenters. The maximum absolute atomic E-state index is 6.48. The highest BCUT2D eigenvalue weighted by Crippen LogP contribution is 2.62. The Morgan fingerprint density at radius 1 is 1.43 bits per heavy atom. The molecule has 0 aromatic heterocycles. The van der Waals surface area contributed by atoms with E-state index in [-0.39, 0.29) is 10.5 Å². The third-order valence-corrected chi connectivity index (χ3v) is 10.4. The lowest BCUT2D eigenvalue weighted by Gasteiger charge is -2.38. The minimum absolute atomic E-state index is 0.262. The molecule has 1 fully saturated rings. The first-order valence-corrected chi connectivity index (χ1v) is 11.1. The fourth-order valence-electron chi connectivity index (χ4n) is 3.14. The van der Waals surface area contributed by atoms with Gasteiger partial charge in [0.1, 0.15) is 0 Å². The summed E-state index contributed by atoms with van der Waals surface area (Å²) in [6.07, 6.45) is 7.91. The van der Waals surface area contributed by atoms with Gasteiger partial charge in [-0.3, -0.25) is 0 Å². The predicted molar refractivity (Wildman–Crippen MR) is 91.7 cm³/mol. The van der Waals surface area contributed by atoms with Crippen molar-refractivity contribution in [1.29, 1.82) is 0 Å². The van der Waals surface area contributed by atoms with E-state index in [1.807, 2.05) is 6.08 Å². The molecular weight excluding hydrogens is 276 g/mol. The SMILES string of the molecule is C=CC[C@@H]1C[C@H]2C[C@@]2(CO[Si](C)(C)C(C)(C)C)C=C1OC. The second kappa shape index (κ2) is 5.58. The number of hydrogen-bond donors (Lipinski definition) is 0. The first-order chi connectivity index (χ1) is 9.65. The molecule has 0 aromatic rings. The van der Waals surface area contributed by atoms with Crippen molar-refractivity contribution in [2.75, 3.05) is 13.7 Å². The summed E-state index contributed by atoms with van der Waals surface area (Å²) in [5.74, 6) is 2.47. The Morgan fingerprint density at radius 3 is 2.62 bits per heavy atom.